The van der Waals surface area contributed by atoms with Crippen molar-refractivity contribution in [2.24, 2.45) is 0 Å². The maximum Gasteiger partial charge on any atom is 0.339 e. The summed E-state index contributed by atoms with van der Waals surface area (Å²) in [4.78, 5) is 19.4. The monoisotopic (exact) mass is 272 g/mol. The van der Waals surface area contributed by atoms with Crippen LogP contribution in [0.4, 0.5) is 0 Å². The molecule has 5 nitrogen and oxygen atoms in total. The van der Waals surface area contributed by atoms with E-state index in [9.17, 15) is 4.79 Å². The van der Waals surface area contributed by atoms with Gasteiger partial charge in [-0.3, -0.25) is 0 Å². The number of benzene rings is 1. The molecule has 0 aliphatic carbocycles. The minimum absolute atomic E-state index is 0.0135. The average Bonchev–Trinajstić information content (AvgIpc) is 2.45. The number of aromatic carboxylic acids is 1. The molecule has 0 amide bonds. The SMILES string of the molecule is CC(C)c1nc(COc2ccccc2)ncc1C(=O)O. The predicted molar refractivity (Wildman–Crippen MR) is 73.9 cm³/mol. The fraction of sp³-hybridized carbons (Fsp3) is 0.267. The summed E-state index contributed by atoms with van der Waals surface area (Å²) in [7, 11) is 0. The van der Waals surface area contributed by atoms with E-state index in [-0.39, 0.29) is 18.1 Å². The van der Waals surface area contributed by atoms with Gasteiger partial charge in [0, 0.05) is 6.20 Å². The van der Waals surface area contributed by atoms with E-state index in [1.165, 1.54) is 6.20 Å². The van der Waals surface area contributed by atoms with E-state index >= 15 is 0 Å². The van der Waals surface area contributed by atoms with Crippen molar-refractivity contribution < 1.29 is 14.6 Å². The topological polar surface area (TPSA) is 72.3 Å². The quantitative estimate of drug-likeness (QED) is 0.906. The maximum absolute atomic E-state index is 11.1. The van der Waals surface area contributed by atoms with E-state index in [4.69, 9.17) is 9.84 Å². The Kier molecular flexibility index (Phi) is 4.30. The molecule has 2 aromatic rings. The number of carboxylic acids is 1. The van der Waals surface area contributed by atoms with Crippen molar-refractivity contribution in [1.82, 2.24) is 9.97 Å². The van der Waals surface area contributed by atoms with Crippen molar-refractivity contribution in [2.75, 3.05) is 0 Å². The highest BCUT2D eigenvalue weighted by atomic mass is 16.5. The van der Waals surface area contributed by atoms with Crippen LogP contribution in [-0.2, 0) is 6.61 Å². The molecule has 104 valence electrons. The second-order valence-corrected chi connectivity index (χ2v) is 4.65. The van der Waals surface area contributed by atoms with Crippen molar-refractivity contribution in [1.29, 1.82) is 0 Å². The van der Waals surface area contributed by atoms with E-state index in [0.717, 1.165) is 5.75 Å². The third kappa shape index (κ3) is 3.32. The second-order valence-electron chi connectivity index (χ2n) is 4.65. The Hall–Kier alpha value is -2.43. The molecule has 1 aromatic carbocycles. The van der Waals surface area contributed by atoms with Gasteiger partial charge in [-0.15, -0.1) is 0 Å². The zero-order chi connectivity index (χ0) is 14.5. The molecule has 1 heterocycles. The Morgan fingerprint density at radius 3 is 2.60 bits per heavy atom. The van der Waals surface area contributed by atoms with Crippen LogP contribution in [-0.4, -0.2) is 21.0 Å². The van der Waals surface area contributed by atoms with Gasteiger partial charge in [0.1, 0.15) is 12.4 Å². The van der Waals surface area contributed by atoms with Crippen molar-refractivity contribution in [2.45, 2.75) is 26.4 Å². The van der Waals surface area contributed by atoms with Gasteiger partial charge >= 0.3 is 5.97 Å². The Bertz CT molecular complexity index is 597. The third-order valence-corrected chi connectivity index (χ3v) is 2.76. The van der Waals surface area contributed by atoms with Crippen LogP contribution in [0.5, 0.6) is 5.75 Å². The summed E-state index contributed by atoms with van der Waals surface area (Å²) < 4.78 is 5.55. The molecule has 0 saturated carbocycles. The van der Waals surface area contributed by atoms with Gasteiger partial charge in [-0.2, -0.15) is 0 Å². The standard InChI is InChI=1S/C15H16N2O3/c1-10(2)14-12(15(18)19)8-16-13(17-14)9-20-11-6-4-3-5-7-11/h3-8,10H,9H2,1-2H3,(H,18,19). The van der Waals surface area contributed by atoms with Crippen molar-refractivity contribution >= 4 is 5.97 Å². The number of aromatic nitrogens is 2. The minimum atomic E-state index is -1.01. The van der Waals surface area contributed by atoms with Gasteiger partial charge in [-0.25, -0.2) is 14.8 Å². The zero-order valence-electron chi connectivity index (χ0n) is 11.4. The first-order chi connectivity index (χ1) is 9.58. The molecule has 1 N–H and O–H groups in total. The first-order valence-electron chi connectivity index (χ1n) is 6.35. The lowest BCUT2D eigenvalue weighted by atomic mass is 10.1. The van der Waals surface area contributed by atoms with Crippen LogP contribution in [0.3, 0.4) is 0 Å². The van der Waals surface area contributed by atoms with Gasteiger partial charge in [-0.1, -0.05) is 32.0 Å². The summed E-state index contributed by atoms with van der Waals surface area (Å²) in [6.07, 6.45) is 1.34. The van der Waals surface area contributed by atoms with Gasteiger partial charge in [0.2, 0.25) is 0 Å². The lowest BCUT2D eigenvalue weighted by Gasteiger charge is -2.10. The fourth-order valence-corrected chi connectivity index (χ4v) is 1.77. The summed E-state index contributed by atoms with van der Waals surface area (Å²) in [5, 5.41) is 9.10. The molecule has 2 rings (SSSR count). The maximum atomic E-state index is 11.1. The summed E-state index contributed by atoms with van der Waals surface area (Å²) in [5.74, 6) is 0.205. The van der Waals surface area contributed by atoms with E-state index in [2.05, 4.69) is 9.97 Å². The Morgan fingerprint density at radius 2 is 2.00 bits per heavy atom. The van der Waals surface area contributed by atoms with Crippen LogP contribution < -0.4 is 4.74 Å². The van der Waals surface area contributed by atoms with E-state index in [1.54, 1.807) is 0 Å². The number of nitrogens with zero attached hydrogens (tertiary/aromatic N) is 2. The number of carboxylic acid groups (broad SMARTS) is 1. The Balaban J connectivity index is 2.17. The molecule has 0 radical (unpaired) electrons. The number of hydrogen-bond donors (Lipinski definition) is 1. The molecule has 0 aliphatic heterocycles. The van der Waals surface area contributed by atoms with Crippen LogP contribution in [0.1, 0.15) is 41.6 Å². The summed E-state index contributed by atoms with van der Waals surface area (Å²) in [6.45, 7) is 4.01. The van der Waals surface area contributed by atoms with Gasteiger partial charge < -0.3 is 9.84 Å². The number of rotatable bonds is 5. The Morgan fingerprint density at radius 1 is 1.30 bits per heavy atom. The second kappa shape index (κ2) is 6.14. The lowest BCUT2D eigenvalue weighted by molar-refractivity contribution is 0.0694. The average molecular weight is 272 g/mol. The van der Waals surface area contributed by atoms with Crippen LogP contribution >= 0.6 is 0 Å². The van der Waals surface area contributed by atoms with E-state index < -0.39 is 5.97 Å². The highest BCUT2D eigenvalue weighted by Gasteiger charge is 2.16. The van der Waals surface area contributed by atoms with Crippen LogP contribution in [0.2, 0.25) is 0 Å². The summed E-state index contributed by atoms with van der Waals surface area (Å²) >= 11 is 0. The van der Waals surface area contributed by atoms with Crippen LogP contribution in [0, 0.1) is 0 Å². The van der Waals surface area contributed by atoms with Crippen molar-refractivity contribution in [3.05, 3.63) is 53.6 Å². The molecular weight excluding hydrogens is 256 g/mol. The molecule has 0 atom stereocenters. The lowest BCUT2D eigenvalue weighted by Crippen LogP contribution is -2.11. The van der Waals surface area contributed by atoms with E-state index in [1.807, 2.05) is 44.2 Å². The summed E-state index contributed by atoms with van der Waals surface area (Å²) in [5.41, 5.74) is 0.669. The van der Waals surface area contributed by atoms with Gasteiger partial charge in [0.05, 0.1) is 11.3 Å². The molecule has 0 spiro atoms. The molecule has 1 aromatic heterocycles. The minimum Gasteiger partial charge on any atom is -0.486 e. The normalized spacial score (nSPS) is 10.6. The van der Waals surface area contributed by atoms with Gasteiger partial charge in [-0.05, 0) is 18.1 Å². The molecular formula is C15H16N2O3. The predicted octanol–water partition coefficient (Wildman–Crippen LogP) is 2.88. The number of para-hydroxylation sites is 1. The molecule has 0 fully saturated rings. The molecule has 20 heavy (non-hydrogen) atoms. The van der Waals surface area contributed by atoms with Crippen molar-refractivity contribution in [3.63, 3.8) is 0 Å². The zero-order valence-corrected chi connectivity index (χ0v) is 11.4. The molecule has 0 bridgehead atoms. The largest absolute Gasteiger partial charge is 0.486 e. The number of hydrogen-bond acceptors (Lipinski definition) is 4. The molecule has 0 unspecified atom stereocenters. The smallest absolute Gasteiger partial charge is 0.339 e. The third-order valence-electron chi connectivity index (χ3n) is 2.76. The first kappa shape index (κ1) is 14.0. The number of ether oxygens (including phenoxy) is 1. The molecule has 0 saturated heterocycles. The van der Waals surface area contributed by atoms with Gasteiger partial charge in [0.25, 0.3) is 0 Å². The van der Waals surface area contributed by atoms with Gasteiger partial charge in [0.15, 0.2) is 5.82 Å². The number of carbonyl (C=O) groups is 1. The molecule has 5 heteroatoms. The van der Waals surface area contributed by atoms with E-state index in [0.29, 0.717) is 11.5 Å². The van der Waals surface area contributed by atoms with Crippen LogP contribution in [0.25, 0.3) is 0 Å². The Labute approximate surface area is 117 Å². The van der Waals surface area contributed by atoms with Crippen LogP contribution in [0.15, 0.2) is 36.5 Å². The van der Waals surface area contributed by atoms with Crippen molar-refractivity contribution in [3.8, 4) is 5.75 Å². The highest BCUT2D eigenvalue weighted by molar-refractivity contribution is 5.88. The first-order valence-corrected chi connectivity index (χ1v) is 6.35. The molecule has 0 aliphatic rings. The summed E-state index contributed by atoms with van der Waals surface area (Å²) in [6, 6.07) is 9.35. The fourth-order valence-electron chi connectivity index (χ4n) is 1.77. The highest BCUT2D eigenvalue weighted by Crippen LogP contribution is 2.17.